The van der Waals surface area contributed by atoms with E-state index in [1.165, 1.54) is 0 Å². The molecule has 2 fully saturated rings. The number of hydrogen-bond donors (Lipinski definition) is 0. The highest BCUT2D eigenvalue weighted by Crippen LogP contribution is 2.51. The van der Waals surface area contributed by atoms with Crippen LogP contribution in [0, 0.1) is 0 Å². The van der Waals surface area contributed by atoms with E-state index in [1.54, 1.807) is 0 Å². The summed E-state index contributed by atoms with van der Waals surface area (Å²) < 4.78 is 60.9. The molecule has 51 heavy (non-hydrogen) atoms. The predicted molar refractivity (Wildman–Crippen MR) is 239 cm³/mol. The molecule has 0 aromatic rings. The van der Waals surface area contributed by atoms with Gasteiger partial charge in [-0.3, -0.25) is 0 Å². The van der Waals surface area contributed by atoms with E-state index in [-0.39, 0.29) is 5.73 Å². The molecule has 2 heterocycles. The van der Waals surface area contributed by atoms with Gasteiger partial charge in [-0.1, -0.05) is 38.3 Å². The van der Waals surface area contributed by atoms with Crippen LogP contribution in [0.4, 0.5) is 0 Å². The molecule has 0 bridgehead atoms. The lowest BCUT2D eigenvalue weighted by Gasteiger charge is -2.62. The van der Waals surface area contributed by atoms with Crippen LogP contribution in [0.15, 0.2) is 12.2 Å². The fourth-order valence-electron chi connectivity index (χ4n) is 8.01. The van der Waals surface area contributed by atoms with Crippen LogP contribution in [0.2, 0.25) is 129 Å². The van der Waals surface area contributed by atoms with Crippen LogP contribution in [-0.4, -0.2) is 104 Å². The fourth-order valence-corrected chi connectivity index (χ4v) is 67.8. The average molecular weight is 872 g/mol. The Labute approximate surface area is 324 Å². The normalized spacial score (nSPS) is 25.3. The first kappa shape index (κ1) is 48.5. The highest BCUT2D eigenvalue weighted by atomic mass is 29.7. The molecule has 0 aromatic heterocycles. The van der Waals surface area contributed by atoms with E-state index in [2.05, 4.69) is 132 Å². The van der Waals surface area contributed by atoms with Gasteiger partial charge < -0.3 is 35.1 Å². The Bertz CT molecular complexity index is 1020. The third-order valence-electron chi connectivity index (χ3n) is 9.14. The molecule has 0 amide bonds. The maximum atomic E-state index is 8.47. The molecule has 0 spiro atoms. The fraction of sp³-hybridized carbons (Fsp3) is 0.941. The minimum Gasteiger partial charge on any atom is -0.454 e. The molecular formula is C34H82O8Si9. The van der Waals surface area contributed by atoms with Gasteiger partial charge >= 0.3 is 0 Å². The Morgan fingerprint density at radius 1 is 0.569 bits per heavy atom. The van der Waals surface area contributed by atoms with Crippen molar-refractivity contribution in [2.45, 2.75) is 193 Å². The van der Waals surface area contributed by atoms with Gasteiger partial charge in [-0.25, -0.2) is 0 Å². The van der Waals surface area contributed by atoms with Gasteiger partial charge in [0.05, 0.1) is 5.73 Å². The average Bonchev–Trinajstić information content (AvgIpc) is 2.90. The summed E-state index contributed by atoms with van der Waals surface area (Å²) in [6.07, 6.45) is 5.20. The van der Waals surface area contributed by atoms with Gasteiger partial charge in [-0.15, -0.1) is 0 Å². The molecule has 0 saturated carbocycles. The quantitative estimate of drug-likeness (QED) is 0.0681. The minimum absolute atomic E-state index is 0.230. The van der Waals surface area contributed by atoms with Gasteiger partial charge in [0.15, 0.2) is 41.6 Å². The summed E-state index contributed by atoms with van der Waals surface area (Å²) in [6.45, 7) is 49.8. The smallest absolute Gasteiger partial charge is 0.267 e. The van der Waals surface area contributed by atoms with E-state index in [9.17, 15) is 0 Å². The van der Waals surface area contributed by atoms with Crippen molar-refractivity contribution < 1.29 is 35.1 Å². The highest BCUT2D eigenvalue weighted by Gasteiger charge is 2.79. The standard InChI is InChI=1S/C34H82O8Si9/c1-21-28-51(37-32(31(2)3)48(19,20)42-47(16,17)18,49(29-24-22-26-35-49)33(38-43(4,5)6)39-44(7,8)9)50(30-25-23-27-36-50)34(40-45(10,11)12)41-46(13,14)15/h32-34H,2,21-30H2,1,3-20H3. The Balaban J connectivity index is 3.32. The van der Waals surface area contributed by atoms with E-state index < -0.39 is 84.8 Å². The first-order chi connectivity index (χ1) is 22.8. The molecule has 302 valence electrons. The molecule has 0 aromatic carbocycles. The summed E-state index contributed by atoms with van der Waals surface area (Å²) in [7, 11) is -22.7. The van der Waals surface area contributed by atoms with Crippen molar-refractivity contribution in [2.75, 3.05) is 13.2 Å². The SMILES string of the molecule is C=C(C)C(O[Si](CCC)([Si]1(C(O[Si](C)(C)C)O[Si](C)(C)C)CCCCO1)[Si]1(C(O[Si](C)(C)C)O[Si](C)(C)C)CCCCO1)[Si](C)(C)O[Si](C)(C)C. The topological polar surface area (TPSA) is 73.8 Å². The molecule has 3 atom stereocenters. The zero-order valence-corrected chi connectivity index (χ0v) is 45.8. The van der Waals surface area contributed by atoms with Crippen molar-refractivity contribution in [3.05, 3.63) is 12.2 Å². The lowest BCUT2D eigenvalue weighted by molar-refractivity contribution is 0.0248. The van der Waals surface area contributed by atoms with E-state index in [1.807, 2.05) is 0 Å². The van der Waals surface area contributed by atoms with Crippen LogP contribution in [0.25, 0.3) is 0 Å². The van der Waals surface area contributed by atoms with Crippen LogP contribution < -0.4 is 0 Å². The van der Waals surface area contributed by atoms with E-state index in [4.69, 9.17) is 35.1 Å². The Hall–Kier alpha value is 1.37. The van der Waals surface area contributed by atoms with Crippen LogP contribution >= 0.6 is 0 Å². The van der Waals surface area contributed by atoms with Crippen molar-refractivity contribution in [3.8, 4) is 0 Å². The van der Waals surface area contributed by atoms with Gasteiger partial charge in [-0.05, 0) is 149 Å². The van der Waals surface area contributed by atoms with Gasteiger partial charge in [0.25, 0.3) is 15.7 Å². The molecule has 3 unspecified atom stereocenters. The van der Waals surface area contributed by atoms with Crippen molar-refractivity contribution in [2.24, 2.45) is 0 Å². The second-order valence-electron chi connectivity index (χ2n) is 20.7. The molecule has 0 radical (unpaired) electrons. The van der Waals surface area contributed by atoms with E-state index in [0.717, 1.165) is 55.8 Å². The lowest BCUT2D eigenvalue weighted by atomic mass is 10.4. The van der Waals surface area contributed by atoms with Crippen LogP contribution in [-0.2, 0) is 35.1 Å². The first-order valence-electron chi connectivity index (χ1n) is 19.9. The zero-order valence-electron chi connectivity index (χ0n) is 36.8. The van der Waals surface area contributed by atoms with Gasteiger partial charge in [-0.2, -0.15) is 0 Å². The Kier molecular flexibility index (Phi) is 17.0. The molecule has 2 aliphatic rings. The maximum Gasteiger partial charge on any atom is 0.267 e. The summed E-state index contributed by atoms with van der Waals surface area (Å²) in [5.41, 5.74) is 0.812. The largest absolute Gasteiger partial charge is 0.454 e. The van der Waals surface area contributed by atoms with Crippen molar-refractivity contribution in [1.82, 2.24) is 0 Å². The van der Waals surface area contributed by atoms with Crippen molar-refractivity contribution in [1.29, 1.82) is 0 Å². The number of hydrogen-bond acceptors (Lipinski definition) is 8. The van der Waals surface area contributed by atoms with Gasteiger partial charge in [0.1, 0.15) is 11.8 Å². The predicted octanol–water partition coefficient (Wildman–Crippen LogP) is 10.7. The first-order valence-corrected chi connectivity index (χ1v) is 48.4. The maximum absolute atomic E-state index is 8.47. The minimum atomic E-state index is -3.30. The van der Waals surface area contributed by atoms with Gasteiger partial charge in [0, 0.05) is 13.2 Å². The van der Waals surface area contributed by atoms with E-state index >= 15 is 0 Å². The molecule has 17 heteroatoms. The monoisotopic (exact) mass is 870 g/mol. The van der Waals surface area contributed by atoms with Crippen molar-refractivity contribution >= 4 is 72.9 Å². The zero-order chi connectivity index (χ0) is 39.5. The Morgan fingerprint density at radius 2 is 0.922 bits per heavy atom. The molecule has 2 saturated heterocycles. The van der Waals surface area contributed by atoms with Crippen LogP contribution in [0.3, 0.4) is 0 Å². The molecule has 0 aliphatic carbocycles. The number of rotatable bonds is 20. The summed E-state index contributed by atoms with van der Waals surface area (Å²) in [6, 6.07) is 2.81. The third kappa shape index (κ3) is 13.5. The highest BCUT2D eigenvalue weighted by molar-refractivity contribution is 7.66. The second kappa shape index (κ2) is 17.9. The van der Waals surface area contributed by atoms with Crippen LogP contribution in [0.5, 0.6) is 0 Å². The third-order valence-corrected chi connectivity index (χ3v) is 52.4. The summed E-state index contributed by atoms with van der Waals surface area (Å²) in [4.78, 5) is 0. The molecular weight excluding hydrogens is 789 g/mol. The second-order valence-corrected chi connectivity index (χ2v) is 67.2. The summed E-state index contributed by atoms with van der Waals surface area (Å²) in [5.74, 6) is -0.866. The molecule has 2 aliphatic heterocycles. The Morgan fingerprint density at radius 3 is 1.16 bits per heavy atom. The molecule has 8 nitrogen and oxygen atoms in total. The molecule has 2 rings (SSSR count). The van der Waals surface area contributed by atoms with Gasteiger partial charge in [0.2, 0.25) is 15.7 Å². The summed E-state index contributed by atoms with van der Waals surface area (Å²) >= 11 is 0. The lowest BCUT2D eigenvalue weighted by Crippen LogP contribution is -2.90. The molecule has 0 N–H and O–H groups in total. The van der Waals surface area contributed by atoms with Crippen molar-refractivity contribution in [3.63, 3.8) is 0 Å². The van der Waals surface area contributed by atoms with Crippen LogP contribution in [0.1, 0.15) is 46.0 Å². The summed E-state index contributed by atoms with van der Waals surface area (Å²) in [5, 5.41) is 0. The van der Waals surface area contributed by atoms with E-state index in [0.29, 0.717) is 13.2 Å².